The second-order valence-corrected chi connectivity index (χ2v) is 7.22. The molecule has 1 amide bonds. The highest BCUT2D eigenvalue weighted by Crippen LogP contribution is 2.23. The zero-order valence-corrected chi connectivity index (χ0v) is 17.2. The summed E-state index contributed by atoms with van der Waals surface area (Å²) in [6.07, 6.45) is 0.0685. The molecule has 30 heavy (non-hydrogen) atoms. The van der Waals surface area contributed by atoms with Crippen molar-refractivity contribution in [3.8, 4) is 5.75 Å². The Bertz CT molecular complexity index is 1160. The first kappa shape index (κ1) is 21.2. The predicted octanol–water partition coefficient (Wildman–Crippen LogP) is 2.85. The maximum atomic E-state index is 12.5. The SMILES string of the molecule is CCOc1ccc(CC(=O)N=c2sc3ccc([N+](=O)[O-])cc3n2CC(=O)OC)cc1. The van der Waals surface area contributed by atoms with E-state index in [2.05, 4.69) is 4.99 Å². The molecule has 0 unspecified atom stereocenters. The predicted molar refractivity (Wildman–Crippen MR) is 110 cm³/mol. The fourth-order valence-electron chi connectivity index (χ4n) is 2.79. The van der Waals surface area contributed by atoms with E-state index in [4.69, 9.17) is 9.47 Å². The van der Waals surface area contributed by atoms with Crippen molar-refractivity contribution in [2.24, 2.45) is 4.99 Å². The lowest BCUT2D eigenvalue weighted by molar-refractivity contribution is -0.384. The highest BCUT2D eigenvalue weighted by molar-refractivity contribution is 7.16. The second kappa shape index (κ2) is 9.31. The summed E-state index contributed by atoms with van der Waals surface area (Å²) >= 11 is 1.17. The van der Waals surface area contributed by atoms with E-state index >= 15 is 0 Å². The number of nitro groups is 1. The maximum absolute atomic E-state index is 12.5. The van der Waals surface area contributed by atoms with E-state index in [0.717, 1.165) is 5.56 Å². The lowest BCUT2D eigenvalue weighted by Crippen LogP contribution is -2.22. The van der Waals surface area contributed by atoms with Crippen molar-refractivity contribution in [2.45, 2.75) is 19.9 Å². The van der Waals surface area contributed by atoms with E-state index < -0.39 is 16.8 Å². The van der Waals surface area contributed by atoms with Gasteiger partial charge in [-0.2, -0.15) is 4.99 Å². The molecule has 0 fully saturated rings. The van der Waals surface area contributed by atoms with Crippen LogP contribution >= 0.6 is 11.3 Å². The van der Waals surface area contributed by atoms with Crippen LogP contribution in [-0.4, -0.2) is 35.1 Å². The van der Waals surface area contributed by atoms with Gasteiger partial charge in [-0.3, -0.25) is 19.7 Å². The van der Waals surface area contributed by atoms with Gasteiger partial charge in [0.1, 0.15) is 12.3 Å². The van der Waals surface area contributed by atoms with Crippen molar-refractivity contribution < 1.29 is 24.0 Å². The summed E-state index contributed by atoms with van der Waals surface area (Å²) in [6.45, 7) is 2.23. The number of thiazole rings is 1. The van der Waals surface area contributed by atoms with Crippen molar-refractivity contribution >= 4 is 39.1 Å². The molecule has 1 heterocycles. The molecule has 0 aliphatic heterocycles. The Labute approximate surface area is 175 Å². The third kappa shape index (κ3) is 4.90. The number of rotatable bonds is 7. The lowest BCUT2D eigenvalue weighted by atomic mass is 10.1. The van der Waals surface area contributed by atoms with Crippen LogP contribution in [0.3, 0.4) is 0 Å². The quantitative estimate of drug-likeness (QED) is 0.324. The van der Waals surface area contributed by atoms with Gasteiger partial charge in [0.15, 0.2) is 4.80 Å². The zero-order valence-electron chi connectivity index (χ0n) is 16.4. The average molecular weight is 429 g/mol. The van der Waals surface area contributed by atoms with Crippen LogP contribution in [0.15, 0.2) is 47.5 Å². The molecule has 1 aromatic heterocycles. The van der Waals surface area contributed by atoms with Crippen molar-refractivity contribution in [3.63, 3.8) is 0 Å². The van der Waals surface area contributed by atoms with Gasteiger partial charge < -0.3 is 14.0 Å². The Morgan fingerprint density at radius 2 is 1.93 bits per heavy atom. The van der Waals surface area contributed by atoms with E-state index in [1.807, 2.05) is 6.92 Å². The van der Waals surface area contributed by atoms with E-state index in [1.54, 1.807) is 30.3 Å². The number of methoxy groups -OCH3 is 1. The molecule has 2 aromatic carbocycles. The van der Waals surface area contributed by atoms with Crippen LogP contribution < -0.4 is 9.54 Å². The fraction of sp³-hybridized carbons (Fsp3) is 0.250. The molecular formula is C20H19N3O6S. The minimum atomic E-state index is -0.554. The molecule has 0 atom stereocenters. The topological polar surface area (TPSA) is 113 Å². The van der Waals surface area contributed by atoms with E-state index in [0.29, 0.717) is 22.6 Å². The van der Waals surface area contributed by atoms with Crippen molar-refractivity contribution in [2.75, 3.05) is 13.7 Å². The van der Waals surface area contributed by atoms with Crippen molar-refractivity contribution in [1.29, 1.82) is 0 Å². The molecule has 0 radical (unpaired) electrons. The van der Waals surface area contributed by atoms with Gasteiger partial charge in [-0.15, -0.1) is 0 Å². The van der Waals surface area contributed by atoms with Gasteiger partial charge in [0.2, 0.25) is 0 Å². The number of carbonyl (C=O) groups excluding carboxylic acids is 2. The molecule has 156 valence electrons. The molecule has 0 saturated heterocycles. The number of fused-ring (bicyclic) bond motifs is 1. The monoisotopic (exact) mass is 429 g/mol. The summed E-state index contributed by atoms with van der Waals surface area (Å²) in [7, 11) is 1.24. The minimum Gasteiger partial charge on any atom is -0.494 e. The number of nitro benzene ring substituents is 1. The number of hydrogen-bond acceptors (Lipinski definition) is 7. The first-order valence-corrected chi connectivity index (χ1v) is 9.86. The molecule has 0 aliphatic carbocycles. The number of nitrogens with zero attached hydrogens (tertiary/aromatic N) is 3. The third-order valence-corrected chi connectivity index (χ3v) is 5.26. The highest BCUT2D eigenvalue weighted by Gasteiger charge is 2.15. The molecular weight excluding hydrogens is 410 g/mol. The normalized spacial score (nSPS) is 11.5. The summed E-state index contributed by atoms with van der Waals surface area (Å²) in [4.78, 5) is 39.4. The third-order valence-electron chi connectivity index (χ3n) is 4.20. The molecule has 9 nitrogen and oxygen atoms in total. The molecule has 0 aliphatic rings. The number of carbonyl (C=O) groups is 2. The Hall–Kier alpha value is -3.53. The minimum absolute atomic E-state index is 0.0685. The summed E-state index contributed by atoms with van der Waals surface area (Å²) in [6, 6.07) is 11.4. The number of non-ortho nitro benzene ring substituents is 1. The Kier molecular flexibility index (Phi) is 6.58. The lowest BCUT2D eigenvalue weighted by Gasteiger charge is -2.04. The summed E-state index contributed by atoms with van der Waals surface area (Å²) < 4.78 is 12.2. The number of esters is 1. The smallest absolute Gasteiger partial charge is 0.325 e. The first-order chi connectivity index (χ1) is 14.4. The van der Waals surface area contributed by atoms with Gasteiger partial charge in [0.05, 0.1) is 35.3 Å². The molecule has 10 heteroatoms. The van der Waals surface area contributed by atoms with Gasteiger partial charge in [-0.05, 0) is 30.7 Å². The molecule has 0 saturated carbocycles. The van der Waals surface area contributed by atoms with E-state index in [9.17, 15) is 19.7 Å². The zero-order chi connectivity index (χ0) is 21.7. The van der Waals surface area contributed by atoms with Crippen molar-refractivity contribution in [1.82, 2.24) is 4.57 Å². The summed E-state index contributed by atoms with van der Waals surface area (Å²) in [5.74, 6) is -0.242. The molecule has 0 bridgehead atoms. The van der Waals surface area contributed by atoms with Gasteiger partial charge in [-0.25, -0.2) is 0 Å². The van der Waals surface area contributed by atoms with Gasteiger partial charge >= 0.3 is 5.97 Å². The van der Waals surface area contributed by atoms with Crippen LogP contribution in [0.25, 0.3) is 10.2 Å². The van der Waals surface area contributed by atoms with Crippen LogP contribution in [-0.2, 0) is 27.3 Å². The summed E-state index contributed by atoms with van der Waals surface area (Å²) in [5.41, 5.74) is 1.09. The fourth-order valence-corrected chi connectivity index (χ4v) is 3.82. The number of benzene rings is 2. The van der Waals surface area contributed by atoms with Gasteiger partial charge in [0.25, 0.3) is 11.6 Å². The molecule has 3 aromatic rings. The standard InChI is InChI=1S/C20H19N3O6S/c1-3-29-15-7-4-13(5-8-15)10-18(24)21-20-22(12-19(25)28-2)16-11-14(23(26)27)6-9-17(16)30-20/h4-9,11H,3,10,12H2,1-2H3. The highest BCUT2D eigenvalue weighted by atomic mass is 32.1. The number of aromatic nitrogens is 1. The van der Waals surface area contributed by atoms with Crippen LogP contribution in [0.5, 0.6) is 5.75 Å². The van der Waals surface area contributed by atoms with Crippen LogP contribution in [0.1, 0.15) is 12.5 Å². The van der Waals surface area contributed by atoms with Crippen LogP contribution in [0.4, 0.5) is 5.69 Å². The molecule has 3 rings (SSSR count). The molecule has 0 N–H and O–H groups in total. The van der Waals surface area contributed by atoms with Crippen LogP contribution in [0.2, 0.25) is 0 Å². The number of hydrogen-bond donors (Lipinski definition) is 0. The molecule has 0 spiro atoms. The first-order valence-electron chi connectivity index (χ1n) is 9.05. The maximum Gasteiger partial charge on any atom is 0.325 e. The largest absolute Gasteiger partial charge is 0.494 e. The Balaban J connectivity index is 1.96. The number of amides is 1. The number of ether oxygens (including phenoxy) is 2. The van der Waals surface area contributed by atoms with Gasteiger partial charge in [-0.1, -0.05) is 23.5 Å². The Morgan fingerprint density at radius 1 is 1.20 bits per heavy atom. The Morgan fingerprint density at radius 3 is 2.57 bits per heavy atom. The van der Waals surface area contributed by atoms with E-state index in [1.165, 1.54) is 35.1 Å². The van der Waals surface area contributed by atoms with Crippen LogP contribution in [0, 0.1) is 10.1 Å². The average Bonchev–Trinajstić information content (AvgIpc) is 3.05. The van der Waals surface area contributed by atoms with E-state index in [-0.39, 0.29) is 23.5 Å². The van der Waals surface area contributed by atoms with Crippen molar-refractivity contribution in [3.05, 3.63) is 62.9 Å². The van der Waals surface area contributed by atoms with Gasteiger partial charge in [0, 0.05) is 12.1 Å². The second-order valence-electron chi connectivity index (χ2n) is 6.22. The summed E-state index contributed by atoms with van der Waals surface area (Å²) in [5, 5.41) is 11.1.